The van der Waals surface area contributed by atoms with Crippen LogP contribution in [0.25, 0.3) is 0 Å². The molecule has 3 N–H and O–H groups in total. The number of hydrogen-bond donors (Lipinski definition) is 3. The molecule has 0 radical (unpaired) electrons. The highest BCUT2D eigenvalue weighted by Crippen LogP contribution is 2.29. The van der Waals surface area contributed by atoms with Gasteiger partial charge in [0.05, 0.1) is 6.54 Å². The van der Waals surface area contributed by atoms with E-state index in [2.05, 4.69) is 5.32 Å². The maximum absolute atomic E-state index is 11.6. The molecule has 0 saturated heterocycles. The number of ketones is 1. The highest BCUT2D eigenvalue weighted by Gasteiger charge is 2.10. The molecule has 0 fully saturated rings. The summed E-state index contributed by atoms with van der Waals surface area (Å²) >= 11 is 0. The molecule has 0 unspecified atom stereocenters. The molecule has 15 heavy (non-hydrogen) atoms. The third-order valence-electron chi connectivity index (χ3n) is 2.14. The molecule has 0 atom stereocenters. The van der Waals surface area contributed by atoms with E-state index in [0.29, 0.717) is 11.1 Å². The number of phenols is 2. The first kappa shape index (κ1) is 11.5. The number of Topliss-reactive ketones (excluding diaryl/α,β-unsaturated/α-hetero) is 1. The number of rotatable bonds is 4. The summed E-state index contributed by atoms with van der Waals surface area (Å²) in [7, 11) is 0. The molecular formula is C11H15NO3. The molecule has 0 aliphatic carbocycles. The molecule has 0 aliphatic heterocycles. The van der Waals surface area contributed by atoms with Crippen LogP contribution in [0.2, 0.25) is 0 Å². The number of carbonyl (C=O) groups is 1. The van der Waals surface area contributed by atoms with Gasteiger partial charge in [0, 0.05) is 5.56 Å². The van der Waals surface area contributed by atoms with Crippen molar-refractivity contribution in [2.45, 2.75) is 13.8 Å². The van der Waals surface area contributed by atoms with Gasteiger partial charge in [-0.05, 0) is 31.2 Å². The van der Waals surface area contributed by atoms with Crippen molar-refractivity contribution in [3.63, 3.8) is 0 Å². The molecule has 0 amide bonds. The van der Waals surface area contributed by atoms with Crippen LogP contribution in [0.3, 0.4) is 0 Å². The van der Waals surface area contributed by atoms with Gasteiger partial charge < -0.3 is 15.5 Å². The number of benzene rings is 1. The summed E-state index contributed by atoms with van der Waals surface area (Å²) in [6, 6.07) is 2.84. The fourth-order valence-corrected chi connectivity index (χ4v) is 1.26. The molecule has 0 spiro atoms. The van der Waals surface area contributed by atoms with Crippen LogP contribution < -0.4 is 5.32 Å². The summed E-state index contributed by atoms with van der Waals surface area (Å²) in [6.07, 6.45) is 0. The van der Waals surface area contributed by atoms with E-state index in [0.717, 1.165) is 6.54 Å². The highest BCUT2D eigenvalue weighted by atomic mass is 16.3. The van der Waals surface area contributed by atoms with Crippen LogP contribution in [-0.2, 0) is 0 Å². The second-order valence-electron chi connectivity index (χ2n) is 3.36. The Morgan fingerprint density at radius 2 is 2.07 bits per heavy atom. The van der Waals surface area contributed by atoms with Crippen molar-refractivity contribution < 1.29 is 15.0 Å². The first-order valence-corrected chi connectivity index (χ1v) is 4.82. The fraction of sp³-hybridized carbons (Fsp3) is 0.364. The van der Waals surface area contributed by atoms with Gasteiger partial charge >= 0.3 is 0 Å². The van der Waals surface area contributed by atoms with Gasteiger partial charge in [-0.15, -0.1) is 0 Å². The Balaban J connectivity index is 2.91. The van der Waals surface area contributed by atoms with E-state index in [-0.39, 0.29) is 23.8 Å². The number of carbonyl (C=O) groups excluding carboxylic acids is 1. The maximum Gasteiger partial charge on any atom is 0.176 e. The molecule has 0 aliphatic rings. The molecule has 1 aromatic carbocycles. The molecule has 1 aromatic rings. The monoisotopic (exact) mass is 209 g/mol. The minimum atomic E-state index is -0.255. The Hall–Kier alpha value is -1.55. The van der Waals surface area contributed by atoms with Gasteiger partial charge in [-0.3, -0.25) is 4.79 Å². The van der Waals surface area contributed by atoms with Gasteiger partial charge in [-0.1, -0.05) is 6.92 Å². The summed E-state index contributed by atoms with van der Waals surface area (Å²) in [5.41, 5.74) is 0.901. The van der Waals surface area contributed by atoms with E-state index in [1.807, 2.05) is 6.92 Å². The van der Waals surface area contributed by atoms with E-state index < -0.39 is 0 Å². The lowest BCUT2D eigenvalue weighted by molar-refractivity contribution is 0.0991. The van der Waals surface area contributed by atoms with Crippen LogP contribution in [0.4, 0.5) is 0 Å². The topological polar surface area (TPSA) is 69.6 Å². The van der Waals surface area contributed by atoms with Crippen molar-refractivity contribution in [3.8, 4) is 11.5 Å². The van der Waals surface area contributed by atoms with Crippen molar-refractivity contribution in [2.24, 2.45) is 0 Å². The van der Waals surface area contributed by atoms with E-state index in [1.165, 1.54) is 6.07 Å². The standard InChI is InChI=1S/C11H15NO3/c1-3-12-6-10(14)8-4-7(2)11(15)9(13)5-8/h4-5,12-13,15H,3,6H2,1-2H3. The number of aromatic hydroxyl groups is 2. The zero-order valence-corrected chi connectivity index (χ0v) is 8.87. The molecule has 0 heterocycles. The van der Waals surface area contributed by atoms with E-state index >= 15 is 0 Å². The van der Waals surface area contributed by atoms with Crippen molar-refractivity contribution in [3.05, 3.63) is 23.3 Å². The molecule has 0 aromatic heterocycles. The Morgan fingerprint density at radius 3 is 2.60 bits per heavy atom. The quantitative estimate of drug-likeness (QED) is 0.514. The summed E-state index contributed by atoms with van der Waals surface area (Å²) in [4.78, 5) is 11.6. The summed E-state index contributed by atoms with van der Waals surface area (Å²) in [5, 5.41) is 21.6. The van der Waals surface area contributed by atoms with E-state index in [9.17, 15) is 15.0 Å². The van der Waals surface area contributed by atoms with Gasteiger partial charge in [0.25, 0.3) is 0 Å². The van der Waals surface area contributed by atoms with Gasteiger partial charge in [0.15, 0.2) is 17.3 Å². The second kappa shape index (κ2) is 4.79. The van der Waals surface area contributed by atoms with Crippen molar-refractivity contribution in [1.82, 2.24) is 5.32 Å². The molecule has 4 nitrogen and oxygen atoms in total. The highest BCUT2D eigenvalue weighted by molar-refractivity contribution is 5.98. The van der Waals surface area contributed by atoms with Crippen LogP contribution in [0.5, 0.6) is 11.5 Å². The lowest BCUT2D eigenvalue weighted by Gasteiger charge is -2.06. The molecule has 0 bridgehead atoms. The molecule has 82 valence electrons. The fourth-order valence-electron chi connectivity index (χ4n) is 1.26. The zero-order valence-electron chi connectivity index (χ0n) is 8.87. The number of nitrogens with one attached hydrogen (secondary N) is 1. The van der Waals surface area contributed by atoms with Crippen LogP contribution >= 0.6 is 0 Å². The first-order valence-electron chi connectivity index (χ1n) is 4.82. The van der Waals surface area contributed by atoms with E-state index in [1.54, 1.807) is 13.0 Å². The predicted molar refractivity (Wildman–Crippen MR) is 57.4 cm³/mol. The SMILES string of the molecule is CCNCC(=O)c1cc(C)c(O)c(O)c1. The normalized spacial score (nSPS) is 10.3. The summed E-state index contributed by atoms with van der Waals surface area (Å²) in [6.45, 7) is 4.50. The Morgan fingerprint density at radius 1 is 1.40 bits per heavy atom. The van der Waals surface area contributed by atoms with Crippen LogP contribution in [0, 0.1) is 6.92 Å². The second-order valence-corrected chi connectivity index (χ2v) is 3.36. The summed E-state index contributed by atoms with van der Waals surface area (Å²) < 4.78 is 0. The number of hydrogen-bond acceptors (Lipinski definition) is 4. The Bertz CT molecular complexity index is 351. The van der Waals surface area contributed by atoms with Gasteiger partial charge in [0.2, 0.25) is 0 Å². The number of phenolic OH excluding ortho intramolecular Hbond substituents is 2. The first-order chi connectivity index (χ1) is 7.06. The number of likely N-dealkylation sites (N-methyl/N-ethyl adjacent to an activating group) is 1. The smallest absolute Gasteiger partial charge is 0.176 e. The van der Waals surface area contributed by atoms with Gasteiger partial charge in [0.1, 0.15) is 0 Å². The average molecular weight is 209 g/mol. The van der Waals surface area contributed by atoms with E-state index in [4.69, 9.17) is 0 Å². The van der Waals surface area contributed by atoms with Crippen molar-refractivity contribution in [2.75, 3.05) is 13.1 Å². The van der Waals surface area contributed by atoms with Crippen LogP contribution in [-0.4, -0.2) is 29.1 Å². The largest absolute Gasteiger partial charge is 0.504 e. The minimum Gasteiger partial charge on any atom is -0.504 e. The predicted octanol–water partition coefficient (Wildman–Crippen LogP) is 1.20. The lowest BCUT2D eigenvalue weighted by Crippen LogP contribution is -2.22. The maximum atomic E-state index is 11.6. The third-order valence-corrected chi connectivity index (χ3v) is 2.14. The Kier molecular flexibility index (Phi) is 3.68. The Labute approximate surface area is 88.6 Å². The molecule has 1 rings (SSSR count). The third kappa shape index (κ3) is 2.70. The average Bonchev–Trinajstić information content (AvgIpc) is 2.21. The zero-order chi connectivity index (χ0) is 11.4. The van der Waals surface area contributed by atoms with Crippen LogP contribution in [0.15, 0.2) is 12.1 Å². The molecule has 4 heteroatoms. The van der Waals surface area contributed by atoms with Crippen molar-refractivity contribution >= 4 is 5.78 Å². The number of aryl methyl sites for hydroxylation is 1. The minimum absolute atomic E-state index is 0.102. The molecule has 0 saturated carbocycles. The van der Waals surface area contributed by atoms with Crippen LogP contribution in [0.1, 0.15) is 22.8 Å². The van der Waals surface area contributed by atoms with Gasteiger partial charge in [-0.25, -0.2) is 0 Å². The molecular weight excluding hydrogens is 194 g/mol. The van der Waals surface area contributed by atoms with Crippen molar-refractivity contribution in [1.29, 1.82) is 0 Å². The van der Waals surface area contributed by atoms with Gasteiger partial charge in [-0.2, -0.15) is 0 Å². The summed E-state index contributed by atoms with van der Waals surface area (Å²) in [5.74, 6) is -0.528. The lowest BCUT2D eigenvalue weighted by atomic mass is 10.1.